The van der Waals surface area contributed by atoms with E-state index in [9.17, 15) is 0 Å². The van der Waals surface area contributed by atoms with Gasteiger partial charge in [-0.2, -0.15) is 10.3 Å². The smallest absolute Gasteiger partial charge is 0.330 e. The number of aromatic nitrogens is 7. The molecule has 3 aromatic heterocycles. The largest absolute Gasteiger partial charge is 1.00 e. The number of pyridine rings is 1. The van der Waals surface area contributed by atoms with Crippen LogP contribution in [0.4, 0.5) is 0 Å². The van der Waals surface area contributed by atoms with Gasteiger partial charge in [0.2, 0.25) is 0 Å². The first-order valence-corrected chi connectivity index (χ1v) is 7.91. The molecule has 0 spiro atoms. The topological polar surface area (TPSA) is 83.5 Å². The van der Waals surface area contributed by atoms with Gasteiger partial charge in [0, 0.05) is 33.2 Å². The minimum Gasteiger partial charge on any atom is -0.330 e. The van der Waals surface area contributed by atoms with E-state index in [1.54, 1.807) is 29.1 Å². The Morgan fingerprint density at radius 2 is 1.88 bits per heavy atom. The van der Waals surface area contributed by atoms with Crippen molar-refractivity contribution in [1.82, 2.24) is 35.4 Å². The quantitative estimate of drug-likeness (QED) is 0.444. The minimum absolute atomic E-state index is 0. The van der Waals surface area contributed by atoms with Crippen molar-refractivity contribution in [3.63, 3.8) is 0 Å². The number of fused-ring (bicyclic) bond motifs is 1. The summed E-state index contributed by atoms with van der Waals surface area (Å²) in [5, 5.41) is 20.3. The molecule has 0 N–H and O–H groups in total. The van der Waals surface area contributed by atoms with Gasteiger partial charge in [0.25, 0.3) is 0 Å². The molecule has 1 aromatic carbocycles. The molecule has 0 fully saturated rings. The molecule has 120 valence electrons. The van der Waals surface area contributed by atoms with Crippen LogP contribution in [-0.4, -0.2) is 30.3 Å². The van der Waals surface area contributed by atoms with Gasteiger partial charge in [-0.05, 0) is 18.2 Å². The summed E-state index contributed by atoms with van der Waals surface area (Å²) in [6.45, 7) is 0.352. The molecule has 0 unspecified atom stereocenters. The molecule has 4 rings (SSSR count). The van der Waals surface area contributed by atoms with Crippen molar-refractivity contribution in [2.24, 2.45) is 0 Å². The third-order valence-electron chi connectivity index (χ3n) is 3.50. The van der Waals surface area contributed by atoms with E-state index in [1.807, 2.05) is 6.07 Å². The zero-order valence-electron chi connectivity index (χ0n) is 12.9. The van der Waals surface area contributed by atoms with Crippen LogP contribution in [0.1, 0.15) is 5.56 Å². The van der Waals surface area contributed by atoms with Crippen molar-refractivity contribution in [1.29, 1.82) is 0 Å². The second-order valence-corrected chi connectivity index (χ2v) is 6.12. The van der Waals surface area contributed by atoms with Crippen LogP contribution in [0.5, 0.6) is 0 Å². The fourth-order valence-electron chi connectivity index (χ4n) is 2.35. The number of rotatable bonds is 3. The Hall–Kier alpha value is -0.584. The third-order valence-corrected chi connectivity index (χ3v) is 4.46. The van der Waals surface area contributed by atoms with Crippen LogP contribution in [0.25, 0.3) is 22.4 Å². The van der Waals surface area contributed by atoms with Gasteiger partial charge in [0.05, 0.1) is 12.1 Å². The van der Waals surface area contributed by atoms with E-state index in [2.05, 4.69) is 30.7 Å². The predicted octanol–water partition coefficient (Wildman–Crippen LogP) is 0.253. The van der Waals surface area contributed by atoms with Gasteiger partial charge in [-0.15, -0.1) is 0 Å². The maximum absolute atomic E-state index is 6.24. The number of benzene rings is 1. The summed E-state index contributed by atoms with van der Waals surface area (Å²) in [6.07, 6.45) is 1.60. The molecular formula is C14H7Cl3KN7. The molecule has 0 aliphatic rings. The van der Waals surface area contributed by atoms with Gasteiger partial charge in [-0.25, -0.2) is 0 Å². The summed E-state index contributed by atoms with van der Waals surface area (Å²) in [5.41, 5.74) is 2.69. The first kappa shape index (κ1) is 19.2. The molecule has 0 aliphatic heterocycles. The Morgan fingerprint density at radius 3 is 2.56 bits per heavy atom. The molecule has 0 aliphatic carbocycles. The first-order chi connectivity index (χ1) is 11.6. The van der Waals surface area contributed by atoms with E-state index in [1.165, 1.54) is 0 Å². The molecule has 0 amide bonds. The first-order valence-electron chi connectivity index (χ1n) is 6.77. The van der Waals surface area contributed by atoms with E-state index < -0.39 is 0 Å². The Bertz CT molecular complexity index is 1010. The summed E-state index contributed by atoms with van der Waals surface area (Å²) in [6, 6.07) is 7.16. The molecule has 25 heavy (non-hydrogen) atoms. The van der Waals surface area contributed by atoms with Crippen LogP contribution in [0, 0.1) is 0 Å². The Morgan fingerprint density at radius 1 is 1.12 bits per heavy atom. The number of hydrogen-bond donors (Lipinski definition) is 0. The molecule has 0 radical (unpaired) electrons. The monoisotopic (exact) mass is 417 g/mol. The van der Waals surface area contributed by atoms with Crippen molar-refractivity contribution >= 4 is 45.8 Å². The van der Waals surface area contributed by atoms with Crippen molar-refractivity contribution < 1.29 is 51.4 Å². The van der Waals surface area contributed by atoms with Gasteiger partial charge in [0.15, 0.2) is 5.15 Å². The Balaban J connectivity index is 0.00000182. The number of halogens is 3. The second kappa shape index (κ2) is 7.97. The molecule has 7 nitrogen and oxygen atoms in total. The van der Waals surface area contributed by atoms with E-state index in [0.29, 0.717) is 44.2 Å². The summed E-state index contributed by atoms with van der Waals surface area (Å²) >= 11 is 18.7. The fourth-order valence-corrected chi connectivity index (χ4v) is 3.11. The van der Waals surface area contributed by atoms with Crippen LogP contribution >= 0.6 is 34.8 Å². The molecule has 4 aromatic rings. The fraction of sp³-hybridized carbons (Fsp3) is 0.0714. The summed E-state index contributed by atoms with van der Waals surface area (Å²) in [7, 11) is 0. The normalized spacial score (nSPS) is 10.8. The molecular weight excluding hydrogens is 412 g/mol. The van der Waals surface area contributed by atoms with Gasteiger partial charge in [-0.1, -0.05) is 40.9 Å². The van der Waals surface area contributed by atoms with Crippen LogP contribution in [-0.2, 0) is 6.54 Å². The number of nitrogens with zero attached hydrogens (tertiary/aromatic N) is 7. The van der Waals surface area contributed by atoms with Crippen LogP contribution in [0.3, 0.4) is 0 Å². The zero-order chi connectivity index (χ0) is 16.7. The van der Waals surface area contributed by atoms with E-state index in [-0.39, 0.29) is 51.4 Å². The molecule has 0 saturated carbocycles. The van der Waals surface area contributed by atoms with Gasteiger partial charge in [-0.3, -0.25) is 20.0 Å². The number of hydrogen-bond acceptors (Lipinski definition) is 5. The summed E-state index contributed by atoms with van der Waals surface area (Å²) in [5.74, 6) is 0.379. The van der Waals surface area contributed by atoms with Crippen molar-refractivity contribution in [3.8, 4) is 11.4 Å². The predicted molar refractivity (Wildman–Crippen MR) is 90.2 cm³/mol. The van der Waals surface area contributed by atoms with Crippen molar-refractivity contribution in [2.45, 2.75) is 6.54 Å². The zero-order valence-corrected chi connectivity index (χ0v) is 18.2. The average molecular weight is 419 g/mol. The molecule has 11 heteroatoms. The minimum atomic E-state index is 0. The van der Waals surface area contributed by atoms with Gasteiger partial charge in [0.1, 0.15) is 5.52 Å². The molecule has 0 saturated heterocycles. The van der Waals surface area contributed by atoms with Crippen LogP contribution in [0.15, 0.2) is 30.5 Å². The molecule has 3 heterocycles. The summed E-state index contributed by atoms with van der Waals surface area (Å²) in [4.78, 5) is 4.33. The van der Waals surface area contributed by atoms with E-state index in [4.69, 9.17) is 34.8 Å². The Kier molecular flexibility index (Phi) is 6.12. The molecule has 0 atom stereocenters. The van der Waals surface area contributed by atoms with Gasteiger partial charge >= 0.3 is 51.4 Å². The number of tetrazole rings is 1. The Labute approximate surface area is 199 Å². The van der Waals surface area contributed by atoms with Crippen molar-refractivity contribution in [3.05, 3.63) is 51.2 Å². The van der Waals surface area contributed by atoms with Crippen LogP contribution in [0.2, 0.25) is 15.2 Å². The molecule has 0 bridgehead atoms. The van der Waals surface area contributed by atoms with Crippen LogP contribution < -0.4 is 56.5 Å². The van der Waals surface area contributed by atoms with E-state index >= 15 is 0 Å². The maximum atomic E-state index is 6.24. The maximum Gasteiger partial charge on any atom is 1.00 e. The SMILES string of the molecule is Clc1cccc(Cl)c1Cn1nc(Cl)c2ncc(-c3nnn[n-]3)cc21.[K+]. The van der Waals surface area contributed by atoms with Crippen molar-refractivity contribution in [2.75, 3.05) is 0 Å². The standard InChI is InChI=1S/C14H7Cl3N7.K/c15-9-2-1-3-10(16)8(9)6-24-11-4-7(14-19-22-23-20-14)5-18-12(11)13(17)21-24;/h1-5H,6H2;/q-1;+1. The third kappa shape index (κ3) is 3.76. The van der Waals surface area contributed by atoms with Gasteiger partial charge < -0.3 is 5.10 Å². The van der Waals surface area contributed by atoms with E-state index in [0.717, 1.165) is 5.56 Å². The summed E-state index contributed by atoms with van der Waals surface area (Å²) < 4.78 is 1.69. The second-order valence-electron chi connectivity index (χ2n) is 4.94. The average Bonchev–Trinajstić information content (AvgIpc) is 3.20.